The molecule has 1 saturated heterocycles. The van der Waals surface area contributed by atoms with E-state index in [0.717, 1.165) is 56.1 Å². The topological polar surface area (TPSA) is 91.0 Å². The van der Waals surface area contributed by atoms with Gasteiger partial charge in [0.1, 0.15) is 5.69 Å². The minimum Gasteiger partial charge on any atom is -0.351 e. The normalized spacial score (nSPS) is 14.7. The van der Waals surface area contributed by atoms with Crippen molar-refractivity contribution < 1.29 is 9.59 Å². The Morgan fingerprint density at radius 2 is 1.93 bits per heavy atom. The molecule has 1 aliphatic heterocycles. The molecule has 0 unspecified atom stereocenters. The summed E-state index contributed by atoms with van der Waals surface area (Å²) < 4.78 is 0. The van der Waals surface area contributed by atoms with Crippen molar-refractivity contribution in [3.8, 4) is 0 Å². The molecule has 7 heteroatoms. The van der Waals surface area contributed by atoms with Gasteiger partial charge in [0.15, 0.2) is 0 Å². The second kappa shape index (κ2) is 9.52. The molecule has 3 aromatic heterocycles. The smallest absolute Gasteiger partial charge is 0.267 e. The Bertz CT molecular complexity index is 960. The molecule has 0 aliphatic carbocycles. The van der Waals surface area contributed by atoms with Gasteiger partial charge in [-0.15, -0.1) is 0 Å². The van der Waals surface area contributed by atoms with Gasteiger partial charge in [-0.3, -0.25) is 19.6 Å². The number of carbonyl (C=O) groups excluding carboxylic acids is 2. The number of hydrogen-bond donors (Lipinski definition) is 2. The third kappa shape index (κ3) is 4.84. The Morgan fingerprint density at radius 1 is 1.10 bits per heavy atom. The zero-order chi connectivity index (χ0) is 20.8. The highest BCUT2D eigenvalue weighted by atomic mass is 16.2. The first kappa shape index (κ1) is 20.1. The van der Waals surface area contributed by atoms with Gasteiger partial charge in [-0.1, -0.05) is 12.8 Å². The molecule has 0 atom stereocenters. The summed E-state index contributed by atoms with van der Waals surface area (Å²) in [5, 5.41) is 3.93. The molecule has 0 spiro atoms. The highest BCUT2D eigenvalue weighted by Gasteiger charge is 2.23. The molecule has 7 nitrogen and oxygen atoms in total. The van der Waals surface area contributed by atoms with E-state index in [2.05, 4.69) is 20.3 Å². The summed E-state index contributed by atoms with van der Waals surface area (Å²) in [6.07, 6.45) is 12.0. The number of H-pyrrole nitrogens is 1. The lowest BCUT2D eigenvalue weighted by atomic mass is 9.91. The third-order valence-electron chi connectivity index (χ3n) is 5.80. The highest BCUT2D eigenvalue weighted by molar-refractivity contribution is 5.97. The van der Waals surface area contributed by atoms with Gasteiger partial charge < -0.3 is 15.2 Å². The quantitative estimate of drug-likeness (QED) is 0.590. The van der Waals surface area contributed by atoms with Crippen LogP contribution in [0, 0.1) is 5.92 Å². The van der Waals surface area contributed by atoms with Gasteiger partial charge in [0.25, 0.3) is 11.8 Å². The van der Waals surface area contributed by atoms with E-state index in [-0.39, 0.29) is 11.8 Å². The third-order valence-corrected chi connectivity index (χ3v) is 5.80. The van der Waals surface area contributed by atoms with Crippen LogP contribution in [0.15, 0.2) is 49.1 Å². The van der Waals surface area contributed by atoms with Crippen molar-refractivity contribution in [2.24, 2.45) is 5.92 Å². The number of aromatic nitrogens is 3. The number of fused-ring (bicyclic) bond motifs is 1. The lowest BCUT2D eigenvalue weighted by Gasteiger charge is -2.32. The molecule has 0 bridgehead atoms. The van der Waals surface area contributed by atoms with E-state index < -0.39 is 0 Å². The van der Waals surface area contributed by atoms with Gasteiger partial charge >= 0.3 is 0 Å². The number of nitrogens with zero attached hydrogens (tertiary/aromatic N) is 3. The SMILES string of the molecule is O=C(NCCCCC1CCN(C(=O)c2cccnc2)CC1)c1cc2cnccc2[nH]1. The minimum absolute atomic E-state index is 0.0755. The van der Waals surface area contributed by atoms with Crippen molar-refractivity contribution in [1.82, 2.24) is 25.2 Å². The molecule has 156 valence electrons. The van der Waals surface area contributed by atoms with Gasteiger partial charge in [-0.2, -0.15) is 0 Å². The average Bonchev–Trinajstić information content (AvgIpc) is 3.24. The molecule has 1 fully saturated rings. The highest BCUT2D eigenvalue weighted by Crippen LogP contribution is 2.23. The Kier molecular flexibility index (Phi) is 6.37. The van der Waals surface area contributed by atoms with Crippen molar-refractivity contribution >= 4 is 22.7 Å². The zero-order valence-electron chi connectivity index (χ0n) is 17.0. The van der Waals surface area contributed by atoms with Crippen LogP contribution in [0.5, 0.6) is 0 Å². The largest absolute Gasteiger partial charge is 0.351 e. The number of pyridine rings is 2. The van der Waals surface area contributed by atoms with E-state index in [0.29, 0.717) is 23.7 Å². The predicted molar refractivity (Wildman–Crippen MR) is 115 cm³/mol. The van der Waals surface area contributed by atoms with Gasteiger partial charge in [-0.25, -0.2) is 0 Å². The first-order valence-electron chi connectivity index (χ1n) is 10.6. The summed E-state index contributed by atoms with van der Waals surface area (Å²) in [6.45, 7) is 2.29. The van der Waals surface area contributed by atoms with E-state index >= 15 is 0 Å². The van der Waals surface area contributed by atoms with Crippen molar-refractivity contribution in [2.75, 3.05) is 19.6 Å². The number of unbranched alkanes of at least 4 members (excludes halogenated alkanes) is 1. The maximum absolute atomic E-state index is 12.5. The monoisotopic (exact) mass is 405 g/mol. The van der Waals surface area contributed by atoms with Crippen LogP contribution in [0.2, 0.25) is 0 Å². The number of piperidine rings is 1. The van der Waals surface area contributed by atoms with Crippen LogP contribution < -0.4 is 5.32 Å². The van der Waals surface area contributed by atoms with Crippen LogP contribution in [-0.4, -0.2) is 51.3 Å². The van der Waals surface area contributed by atoms with Gasteiger partial charge in [0.05, 0.1) is 5.56 Å². The van der Waals surface area contributed by atoms with Crippen LogP contribution in [-0.2, 0) is 0 Å². The van der Waals surface area contributed by atoms with Crippen molar-refractivity contribution in [1.29, 1.82) is 0 Å². The number of carbonyl (C=O) groups is 2. The summed E-state index contributed by atoms with van der Waals surface area (Å²) in [6, 6.07) is 7.32. The molecular formula is C23H27N5O2. The van der Waals surface area contributed by atoms with Crippen LogP contribution in [0.1, 0.15) is 53.0 Å². The molecule has 0 saturated carbocycles. The number of nitrogens with one attached hydrogen (secondary N) is 2. The summed E-state index contributed by atoms with van der Waals surface area (Å²) in [4.78, 5) is 37.9. The fraction of sp³-hybridized carbons (Fsp3) is 0.391. The molecular weight excluding hydrogens is 378 g/mol. The fourth-order valence-corrected chi connectivity index (χ4v) is 4.05. The van der Waals surface area contributed by atoms with Crippen LogP contribution >= 0.6 is 0 Å². The van der Waals surface area contributed by atoms with E-state index in [9.17, 15) is 9.59 Å². The van der Waals surface area contributed by atoms with Crippen molar-refractivity contribution in [3.05, 3.63) is 60.3 Å². The summed E-state index contributed by atoms with van der Waals surface area (Å²) >= 11 is 0. The molecule has 0 radical (unpaired) electrons. The molecule has 2 N–H and O–H groups in total. The van der Waals surface area contributed by atoms with E-state index in [1.165, 1.54) is 0 Å². The van der Waals surface area contributed by atoms with Crippen LogP contribution in [0.4, 0.5) is 0 Å². The summed E-state index contributed by atoms with van der Waals surface area (Å²) in [5.74, 6) is 0.658. The minimum atomic E-state index is -0.0755. The number of hydrogen-bond acceptors (Lipinski definition) is 4. The first-order valence-corrected chi connectivity index (χ1v) is 10.6. The summed E-state index contributed by atoms with van der Waals surface area (Å²) in [7, 11) is 0. The second-order valence-corrected chi connectivity index (χ2v) is 7.87. The zero-order valence-corrected chi connectivity index (χ0v) is 17.0. The van der Waals surface area contributed by atoms with Gasteiger partial charge in [-0.05, 0) is 49.4 Å². The lowest BCUT2D eigenvalue weighted by Crippen LogP contribution is -2.38. The van der Waals surface area contributed by atoms with E-state index in [4.69, 9.17) is 0 Å². The Labute approximate surface area is 175 Å². The Hall–Kier alpha value is -3.22. The fourth-order valence-electron chi connectivity index (χ4n) is 4.05. The maximum atomic E-state index is 12.5. The number of aromatic amines is 1. The average molecular weight is 406 g/mol. The van der Waals surface area contributed by atoms with Gasteiger partial charge in [0, 0.05) is 55.3 Å². The van der Waals surface area contributed by atoms with Crippen LogP contribution in [0.25, 0.3) is 10.9 Å². The molecule has 30 heavy (non-hydrogen) atoms. The molecule has 3 aromatic rings. The van der Waals surface area contributed by atoms with Crippen molar-refractivity contribution in [3.63, 3.8) is 0 Å². The molecule has 4 heterocycles. The predicted octanol–water partition coefficient (Wildman–Crippen LogP) is 3.41. The second-order valence-electron chi connectivity index (χ2n) is 7.87. The molecule has 0 aromatic carbocycles. The maximum Gasteiger partial charge on any atom is 0.267 e. The van der Waals surface area contributed by atoms with Crippen molar-refractivity contribution in [2.45, 2.75) is 32.1 Å². The Morgan fingerprint density at radius 3 is 2.70 bits per heavy atom. The molecule has 2 amide bonds. The first-order chi connectivity index (χ1) is 14.7. The molecule has 4 rings (SSSR count). The van der Waals surface area contributed by atoms with Gasteiger partial charge in [0.2, 0.25) is 0 Å². The van der Waals surface area contributed by atoms with E-state index in [1.807, 2.05) is 23.1 Å². The number of rotatable bonds is 7. The Balaban J connectivity index is 1.13. The lowest BCUT2D eigenvalue weighted by molar-refractivity contribution is 0.0685. The van der Waals surface area contributed by atoms with Crippen LogP contribution in [0.3, 0.4) is 0 Å². The van der Waals surface area contributed by atoms with E-state index in [1.54, 1.807) is 30.9 Å². The number of likely N-dealkylation sites (tertiary alicyclic amines) is 1. The number of amides is 2. The standard InChI is InChI=1S/C23H27N5O2/c29-22(21-14-19-16-25-11-6-20(19)27-21)26-10-2-1-4-17-7-12-28(13-8-17)23(30)18-5-3-9-24-15-18/h3,5-6,9,11,14-17,27H,1-2,4,7-8,10,12-13H2,(H,26,29). The molecule has 1 aliphatic rings. The summed E-state index contributed by atoms with van der Waals surface area (Å²) in [5.41, 5.74) is 2.16.